The standard InChI is InChI=1S/C12H18O3S/c1-5-15-11(14)9-7-6-8(16-9)10(13)12(2,3)4/h6-7,10,13H,5H2,1-4H3/t10-/m0/s1. The fraction of sp³-hybridized carbons (Fsp3) is 0.583. The lowest BCUT2D eigenvalue weighted by Gasteiger charge is -2.24. The maximum atomic E-state index is 11.4. The molecule has 4 heteroatoms. The lowest BCUT2D eigenvalue weighted by molar-refractivity contribution is 0.0532. The van der Waals surface area contributed by atoms with Crippen molar-refractivity contribution in [2.45, 2.75) is 33.8 Å². The van der Waals surface area contributed by atoms with E-state index in [2.05, 4.69) is 0 Å². The van der Waals surface area contributed by atoms with Crippen LogP contribution in [0.5, 0.6) is 0 Å². The van der Waals surface area contributed by atoms with Gasteiger partial charge in [0.1, 0.15) is 4.88 Å². The number of aliphatic hydroxyl groups excluding tert-OH is 1. The molecule has 0 amide bonds. The van der Waals surface area contributed by atoms with Crippen LogP contribution < -0.4 is 0 Å². The molecule has 3 nitrogen and oxygen atoms in total. The van der Waals surface area contributed by atoms with Crippen LogP contribution in [-0.4, -0.2) is 17.7 Å². The molecule has 0 fully saturated rings. The summed E-state index contributed by atoms with van der Waals surface area (Å²) in [4.78, 5) is 12.8. The molecule has 90 valence electrons. The Labute approximate surface area is 100 Å². The number of hydrogen-bond donors (Lipinski definition) is 1. The van der Waals surface area contributed by atoms with E-state index < -0.39 is 6.10 Å². The van der Waals surface area contributed by atoms with Crippen LogP contribution >= 0.6 is 11.3 Å². The minimum atomic E-state index is -0.555. The predicted octanol–water partition coefficient (Wildman–Crippen LogP) is 3.00. The Hall–Kier alpha value is -0.870. The maximum Gasteiger partial charge on any atom is 0.348 e. The molecule has 1 aromatic heterocycles. The zero-order valence-electron chi connectivity index (χ0n) is 10.1. The predicted molar refractivity (Wildman–Crippen MR) is 64.7 cm³/mol. The van der Waals surface area contributed by atoms with Crippen LogP contribution in [0, 0.1) is 5.41 Å². The molecule has 0 unspecified atom stereocenters. The minimum absolute atomic E-state index is 0.225. The molecular weight excluding hydrogens is 224 g/mol. The first-order valence-corrected chi connectivity index (χ1v) is 6.13. The number of aliphatic hydroxyl groups is 1. The highest BCUT2D eigenvalue weighted by molar-refractivity contribution is 7.14. The van der Waals surface area contributed by atoms with E-state index in [1.807, 2.05) is 20.8 Å². The van der Waals surface area contributed by atoms with E-state index in [0.29, 0.717) is 11.5 Å². The highest BCUT2D eigenvalue weighted by Crippen LogP contribution is 2.36. The third kappa shape index (κ3) is 3.06. The van der Waals surface area contributed by atoms with Crippen molar-refractivity contribution in [3.8, 4) is 0 Å². The molecule has 0 radical (unpaired) electrons. The average molecular weight is 242 g/mol. The molecule has 0 saturated heterocycles. The van der Waals surface area contributed by atoms with Gasteiger partial charge in [-0.3, -0.25) is 0 Å². The van der Waals surface area contributed by atoms with Crippen LogP contribution in [0.2, 0.25) is 0 Å². The van der Waals surface area contributed by atoms with Crippen molar-refractivity contribution in [2.75, 3.05) is 6.61 Å². The Morgan fingerprint density at radius 2 is 2.12 bits per heavy atom. The van der Waals surface area contributed by atoms with Gasteiger partial charge >= 0.3 is 5.97 Å². The van der Waals surface area contributed by atoms with Crippen LogP contribution in [0.1, 0.15) is 48.3 Å². The van der Waals surface area contributed by atoms with E-state index in [4.69, 9.17) is 4.74 Å². The number of carbonyl (C=O) groups excluding carboxylic acids is 1. The van der Waals surface area contributed by atoms with Crippen molar-refractivity contribution in [3.63, 3.8) is 0 Å². The summed E-state index contributed by atoms with van der Waals surface area (Å²) in [5.74, 6) is -0.320. The minimum Gasteiger partial charge on any atom is -0.462 e. The van der Waals surface area contributed by atoms with Crippen molar-refractivity contribution in [1.82, 2.24) is 0 Å². The second kappa shape index (κ2) is 4.97. The van der Waals surface area contributed by atoms with Crippen molar-refractivity contribution in [1.29, 1.82) is 0 Å². The molecule has 1 aromatic rings. The molecule has 1 N–H and O–H groups in total. The molecule has 16 heavy (non-hydrogen) atoms. The largest absolute Gasteiger partial charge is 0.462 e. The summed E-state index contributed by atoms with van der Waals surface area (Å²) in [6.45, 7) is 8.02. The zero-order valence-corrected chi connectivity index (χ0v) is 10.9. The third-order valence-electron chi connectivity index (χ3n) is 2.19. The highest BCUT2D eigenvalue weighted by atomic mass is 32.1. The van der Waals surface area contributed by atoms with Gasteiger partial charge in [-0.05, 0) is 24.5 Å². The summed E-state index contributed by atoms with van der Waals surface area (Å²) in [5, 5.41) is 10.0. The zero-order chi connectivity index (χ0) is 12.3. The third-order valence-corrected chi connectivity index (χ3v) is 3.31. The van der Waals surface area contributed by atoms with Crippen LogP contribution in [-0.2, 0) is 4.74 Å². The number of hydrogen-bond acceptors (Lipinski definition) is 4. The fourth-order valence-corrected chi connectivity index (χ4v) is 2.37. The van der Waals surface area contributed by atoms with Crippen LogP contribution in [0.4, 0.5) is 0 Å². The lowest BCUT2D eigenvalue weighted by atomic mass is 9.88. The topological polar surface area (TPSA) is 46.5 Å². The van der Waals surface area contributed by atoms with E-state index in [0.717, 1.165) is 4.88 Å². The summed E-state index contributed by atoms with van der Waals surface area (Å²) in [6, 6.07) is 3.49. The number of ether oxygens (including phenoxy) is 1. The first kappa shape index (κ1) is 13.2. The van der Waals surface area contributed by atoms with Gasteiger partial charge in [0, 0.05) is 4.88 Å². The number of carbonyl (C=O) groups is 1. The van der Waals surface area contributed by atoms with E-state index in [1.54, 1.807) is 19.1 Å². The second-order valence-corrected chi connectivity index (χ2v) is 5.81. The van der Waals surface area contributed by atoms with Crippen molar-refractivity contribution >= 4 is 17.3 Å². The lowest BCUT2D eigenvalue weighted by Crippen LogP contribution is -2.16. The molecule has 0 saturated carbocycles. The molecule has 0 bridgehead atoms. The second-order valence-electron chi connectivity index (χ2n) is 4.69. The fourth-order valence-electron chi connectivity index (χ4n) is 1.24. The van der Waals surface area contributed by atoms with Crippen LogP contribution in [0.15, 0.2) is 12.1 Å². The van der Waals surface area contributed by atoms with Crippen molar-refractivity contribution in [3.05, 3.63) is 21.9 Å². The Morgan fingerprint density at radius 1 is 1.50 bits per heavy atom. The number of thiophene rings is 1. The van der Waals surface area contributed by atoms with E-state index in [1.165, 1.54) is 11.3 Å². The van der Waals surface area contributed by atoms with E-state index in [9.17, 15) is 9.90 Å². The molecular formula is C12H18O3S. The van der Waals surface area contributed by atoms with Gasteiger partial charge in [-0.2, -0.15) is 0 Å². The van der Waals surface area contributed by atoms with E-state index in [-0.39, 0.29) is 11.4 Å². The van der Waals surface area contributed by atoms with Crippen molar-refractivity contribution in [2.24, 2.45) is 5.41 Å². The quantitative estimate of drug-likeness (QED) is 0.829. The normalized spacial score (nSPS) is 13.6. The number of esters is 1. The van der Waals surface area contributed by atoms with Gasteiger partial charge < -0.3 is 9.84 Å². The Balaban J connectivity index is 2.83. The van der Waals surface area contributed by atoms with E-state index >= 15 is 0 Å². The number of rotatable bonds is 3. The molecule has 0 spiro atoms. The Kier molecular flexibility index (Phi) is 4.10. The SMILES string of the molecule is CCOC(=O)c1ccc([C@H](O)C(C)(C)C)s1. The molecule has 0 aromatic carbocycles. The summed E-state index contributed by atoms with van der Waals surface area (Å²) in [6.07, 6.45) is -0.555. The average Bonchev–Trinajstić information content (AvgIpc) is 2.64. The Morgan fingerprint density at radius 3 is 2.62 bits per heavy atom. The molecule has 0 aliphatic carbocycles. The van der Waals surface area contributed by atoms with Gasteiger partial charge in [-0.25, -0.2) is 4.79 Å². The summed E-state index contributed by atoms with van der Waals surface area (Å²) < 4.78 is 4.90. The highest BCUT2D eigenvalue weighted by Gasteiger charge is 2.26. The first-order valence-electron chi connectivity index (χ1n) is 5.31. The van der Waals surface area contributed by atoms with Gasteiger partial charge in [-0.15, -0.1) is 11.3 Å². The smallest absolute Gasteiger partial charge is 0.348 e. The molecule has 0 aliphatic heterocycles. The molecule has 0 aliphatic rings. The Bertz CT molecular complexity index is 363. The summed E-state index contributed by atoms with van der Waals surface area (Å²) in [5.41, 5.74) is -0.225. The molecule has 1 atom stereocenters. The maximum absolute atomic E-state index is 11.4. The molecule has 1 rings (SSSR count). The monoisotopic (exact) mass is 242 g/mol. The van der Waals surface area contributed by atoms with Gasteiger partial charge in [-0.1, -0.05) is 20.8 Å². The van der Waals surface area contributed by atoms with Gasteiger partial charge in [0.15, 0.2) is 0 Å². The van der Waals surface area contributed by atoms with Crippen molar-refractivity contribution < 1.29 is 14.6 Å². The van der Waals surface area contributed by atoms with Crippen LogP contribution in [0.25, 0.3) is 0 Å². The first-order chi connectivity index (χ1) is 7.36. The molecule has 1 heterocycles. The van der Waals surface area contributed by atoms with Gasteiger partial charge in [0.25, 0.3) is 0 Å². The van der Waals surface area contributed by atoms with Gasteiger partial charge in [0.05, 0.1) is 12.7 Å². The van der Waals surface area contributed by atoms with Gasteiger partial charge in [0.2, 0.25) is 0 Å². The summed E-state index contributed by atoms with van der Waals surface area (Å²) in [7, 11) is 0. The summed E-state index contributed by atoms with van der Waals surface area (Å²) >= 11 is 1.29. The van der Waals surface area contributed by atoms with Crippen LogP contribution in [0.3, 0.4) is 0 Å².